The minimum atomic E-state index is -0.296. The lowest BCUT2D eigenvalue weighted by Gasteiger charge is -2.22. The number of hydrogen-bond acceptors (Lipinski definition) is 6. The summed E-state index contributed by atoms with van der Waals surface area (Å²) in [5.41, 5.74) is 2.84. The van der Waals surface area contributed by atoms with E-state index in [1.54, 1.807) is 27.8 Å². The van der Waals surface area contributed by atoms with E-state index >= 15 is 0 Å². The summed E-state index contributed by atoms with van der Waals surface area (Å²) in [4.78, 5) is 16.8. The maximum Gasteiger partial charge on any atom is 0.277 e. The second-order valence-electron chi connectivity index (χ2n) is 6.76. The average molecular weight is 439 g/mol. The molecule has 1 aliphatic rings. The Kier molecular flexibility index (Phi) is 7.72. The Morgan fingerprint density at radius 2 is 1.97 bits per heavy atom. The molecule has 1 amide bonds. The number of nitrogens with one attached hydrogen (secondary N) is 2. The van der Waals surface area contributed by atoms with Crippen molar-refractivity contribution in [3.63, 3.8) is 0 Å². The van der Waals surface area contributed by atoms with Crippen LogP contribution < -0.4 is 10.6 Å². The van der Waals surface area contributed by atoms with Gasteiger partial charge >= 0.3 is 0 Å². The third kappa shape index (κ3) is 5.11. The number of carbonyl (C=O) groups excluding carboxylic acids is 1. The molecular weight excluding hydrogens is 415 g/mol. The number of nitrogens with zero attached hydrogens (tertiary/aromatic N) is 6. The minimum Gasteiger partial charge on any atom is -0.319 e. The molecule has 2 N–H and O–H groups in total. The lowest BCUT2D eigenvalue weighted by molar-refractivity contribution is 0.102. The normalized spacial score (nSPS) is 14.0. The standard InChI is InChI=1S/C18H22N8O.2ClH/c1-12-9-13(2)26(23-12)17-4-3-14(10-20-17)21-18(27)16-11-25(24-22-16)15-5-7-19-8-6-15;;/h3-4,9-11,15,19H,5-8H2,1-2H3,(H,21,27);2*1H. The number of anilines is 1. The molecular formula is C18H24Cl2N8O. The third-order valence-electron chi connectivity index (χ3n) is 4.66. The predicted molar refractivity (Wildman–Crippen MR) is 114 cm³/mol. The van der Waals surface area contributed by atoms with Crippen LogP contribution in [0.3, 0.4) is 0 Å². The van der Waals surface area contributed by atoms with Gasteiger partial charge in [0.15, 0.2) is 11.5 Å². The number of halogens is 2. The van der Waals surface area contributed by atoms with Crippen LogP contribution in [0.25, 0.3) is 5.82 Å². The fourth-order valence-corrected chi connectivity index (χ4v) is 3.27. The fraction of sp³-hybridized carbons (Fsp3) is 0.389. The van der Waals surface area contributed by atoms with Gasteiger partial charge in [-0.1, -0.05) is 5.21 Å². The average Bonchev–Trinajstić information content (AvgIpc) is 3.30. The quantitative estimate of drug-likeness (QED) is 0.648. The van der Waals surface area contributed by atoms with E-state index in [1.165, 1.54) is 0 Å². The molecule has 0 bridgehead atoms. The van der Waals surface area contributed by atoms with Crippen LogP contribution in [0.1, 0.15) is 40.8 Å². The summed E-state index contributed by atoms with van der Waals surface area (Å²) in [6.45, 7) is 5.83. The molecule has 0 unspecified atom stereocenters. The van der Waals surface area contributed by atoms with Gasteiger partial charge in [-0.25, -0.2) is 14.3 Å². The Labute approximate surface area is 181 Å². The van der Waals surface area contributed by atoms with E-state index in [-0.39, 0.29) is 30.7 Å². The molecule has 4 heterocycles. The number of amides is 1. The number of pyridine rings is 1. The molecule has 1 saturated heterocycles. The maximum atomic E-state index is 12.4. The number of rotatable bonds is 4. The van der Waals surface area contributed by atoms with Gasteiger partial charge in [0, 0.05) is 5.69 Å². The zero-order chi connectivity index (χ0) is 18.8. The topological polar surface area (TPSA) is 103 Å². The van der Waals surface area contributed by atoms with Gasteiger partial charge < -0.3 is 10.6 Å². The highest BCUT2D eigenvalue weighted by atomic mass is 35.5. The van der Waals surface area contributed by atoms with Gasteiger partial charge in [-0.3, -0.25) is 4.79 Å². The number of aryl methyl sites for hydroxylation is 2. The van der Waals surface area contributed by atoms with Gasteiger partial charge in [0.2, 0.25) is 0 Å². The van der Waals surface area contributed by atoms with Crippen molar-refractivity contribution >= 4 is 36.4 Å². The maximum absolute atomic E-state index is 12.4. The van der Waals surface area contributed by atoms with Gasteiger partial charge in [-0.05, 0) is 58.0 Å². The van der Waals surface area contributed by atoms with Crippen LogP contribution in [0.2, 0.25) is 0 Å². The first kappa shape index (κ1) is 22.8. The van der Waals surface area contributed by atoms with Crippen molar-refractivity contribution in [2.45, 2.75) is 32.7 Å². The molecule has 11 heteroatoms. The highest BCUT2D eigenvalue weighted by Crippen LogP contribution is 2.18. The van der Waals surface area contributed by atoms with Crippen molar-refractivity contribution in [2.24, 2.45) is 0 Å². The monoisotopic (exact) mass is 438 g/mol. The van der Waals surface area contributed by atoms with Gasteiger partial charge in [0.25, 0.3) is 5.91 Å². The number of aromatic nitrogens is 6. The van der Waals surface area contributed by atoms with Crippen molar-refractivity contribution in [1.82, 2.24) is 35.1 Å². The Morgan fingerprint density at radius 1 is 1.21 bits per heavy atom. The second kappa shape index (κ2) is 9.82. The zero-order valence-corrected chi connectivity index (χ0v) is 17.8. The van der Waals surface area contributed by atoms with E-state index in [0.29, 0.717) is 23.2 Å². The Balaban J connectivity index is 0.00000150. The minimum absolute atomic E-state index is 0. The van der Waals surface area contributed by atoms with Crippen molar-refractivity contribution < 1.29 is 4.79 Å². The Hall–Kier alpha value is -2.49. The summed E-state index contributed by atoms with van der Waals surface area (Å²) in [7, 11) is 0. The summed E-state index contributed by atoms with van der Waals surface area (Å²) >= 11 is 0. The molecule has 3 aromatic heterocycles. The lowest BCUT2D eigenvalue weighted by Crippen LogP contribution is -2.29. The summed E-state index contributed by atoms with van der Waals surface area (Å²) in [6, 6.07) is 5.90. The molecule has 0 atom stereocenters. The summed E-state index contributed by atoms with van der Waals surface area (Å²) in [6.07, 6.45) is 5.30. The van der Waals surface area contributed by atoms with Crippen LogP contribution in [-0.4, -0.2) is 48.8 Å². The lowest BCUT2D eigenvalue weighted by atomic mass is 10.1. The van der Waals surface area contributed by atoms with E-state index in [0.717, 1.165) is 37.3 Å². The Morgan fingerprint density at radius 3 is 2.59 bits per heavy atom. The van der Waals surface area contributed by atoms with Crippen molar-refractivity contribution in [3.05, 3.63) is 47.7 Å². The molecule has 156 valence electrons. The second-order valence-corrected chi connectivity index (χ2v) is 6.76. The largest absolute Gasteiger partial charge is 0.319 e. The van der Waals surface area contributed by atoms with E-state index < -0.39 is 0 Å². The first-order chi connectivity index (χ1) is 13.1. The van der Waals surface area contributed by atoms with E-state index in [1.807, 2.05) is 26.0 Å². The molecule has 0 aromatic carbocycles. The van der Waals surface area contributed by atoms with Gasteiger partial charge in [0.05, 0.1) is 29.8 Å². The van der Waals surface area contributed by atoms with Gasteiger partial charge in [-0.15, -0.1) is 29.9 Å². The van der Waals surface area contributed by atoms with Crippen molar-refractivity contribution in [1.29, 1.82) is 0 Å². The first-order valence-corrected chi connectivity index (χ1v) is 9.04. The summed E-state index contributed by atoms with van der Waals surface area (Å²) < 4.78 is 3.56. The van der Waals surface area contributed by atoms with Gasteiger partial charge in [0.1, 0.15) is 0 Å². The van der Waals surface area contributed by atoms with Crippen LogP contribution in [0, 0.1) is 13.8 Å². The molecule has 29 heavy (non-hydrogen) atoms. The Bertz CT molecular complexity index is 947. The molecule has 4 rings (SSSR count). The molecule has 0 aliphatic carbocycles. The van der Waals surface area contributed by atoms with E-state index in [9.17, 15) is 4.79 Å². The summed E-state index contributed by atoms with van der Waals surface area (Å²) in [5, 5.41) is 18.7. The first-order valence-electron chi connectivity index (χ1n) is 9.04. The van der Waals surface area contributed by atoms with Crippen LogP contribution in [-0.2, 0) is 0 Å². The number of hydrogen-bond donors (Lipinski definition) is 2. The molecule has 3 aromatic rings. The molecule has 0 radical (unpaired) electrons. The predicted octanol–water partition coefficient (Wildman–Crippen LogP) is 2.50. The zero-order valence-electron chi connectivity index (χ0n) is 16.2. The van der Waals surface area contributed by atoms with Crippen LogP contribution >= 0.6 is 24.8 Å². The SMILES string of the molecule is Cc1cc(C)n(-c2ccc(NC(=O)c3cn(C4CCNCC4)nn3)cn2)n1.Cl.Cl. The number of carbonyl (C=O) groups is 1. The molecule has 0 spiro atoms. The summed E-state index contributed by atoms with van der Waals surface area (Å²) in [5.74, 6) is 0.409. The smallest absolute Gasteiger partial charge is 0.277 e. The van der Waals surface area contributed by atoms with Crippen LogP contribution in [0.15, 0.2) is 30.6 Å². The third-order valence-corrected chi connectivity index (χ3v) is 4.66. The number of piperidine rings is 1. The van der Waals surface area contributed by atoms with Crippen LogP contribution in [0.4, 0.5) is 5.69 Å². The molecule has 1 aliphatic heterocycles. The fourth-order valence-electron chi connectivity index (χ4n) is 3.27. The van der Waals surface area contributed by atoms with E-state index in [2.05, 4.69) is 31.0 Å². The van der Waals surface area contributed by atoms with E-state index in [4.69, 9.17) is 0 Å². The van der Waals surface area contributed by atoms with Crippen LogP contribution in [0.5, 0.6) is 0 Å². The highest BCUT2D eigenvalue weighted by molar-refractivity contribution is 6.02. The highest BCUT2D eigenvalue weighted by Gasteiger charge is 2.19. The van der Waals surface area contributed by atoms with Gasteiger partial charge in [-0.2, -0.15) is 5.10 Å². The molecule has 0 saturated carbocycles. The molecule has 9 nitrogen and oxygen atoms in total. The van der Waals surface area contributed by atoms with Crippen molar-refractivity contribution in [3.8, 4) is 5.82 Å². The van der Waals surface area contributed by atoms with Crippen molar-refractivity contribution in [2.75, 3.05) is 18.4 Å². The molecule has 1 fully saturated rings.